The number of carbonyl (C=O) groups excluding carboxylic acids is 1. The number of aromatic nitrogens is 2. The van der Waals surface area contributed by atoms with Crippen LogP contribution in [0.1, 0.15) is 49.9 Å². The number of nitrogens with one attached hydrogen (secondary N) is 2. The number of rotatable bonds is 6. The topological polar surface area (TPSA) is 70.2 Å². The molecule has 2 N–H and O–H groups in total. The Morgan fingerprint density at radius 3 is 2.41 bits per heavy atom. The normalized spacial score (nSPS) is 20.0. The third kappa shape index (κ3) is 5.82. The summed E-state index contributed by atoms with van der Waals surface area (Å²) in [7, 11) is 3.95. The molecule has 1 aliphatic rings. The van der Waals surface area contributed by atoms with Crippen LogP contribution in [0.15, 0.2) is 30.3 Å². The van der Waals surface area contributed by atoms with E-state index in [1.807, 2.05) is 63.2 Å². The van der Waals surface area contributed by atoms with Crippen molar-refractivity contribution >= 4 is 29.3 Å². The highest BCUT2D eigenvalue weighted by Crippen LogP contribution is 2.27. The molecule has 3 rings (SSSR count). The van der Waals surface area contributed by atoms with E-state index in [0.717, 1.165) is 42.8 Å². The minimum absolute atomic E-state index is 0.0271. The van der Waals surface area contributed by atoms with Crippen molar-refractivity contribution in [3.05, 3.63) is 46.6 Å². The second-order valence-electron chi connectivity index (χ2n) is 8.06. The van der Waals surface area contributed by atoms with Crippen LogP contribution >= 0.6 is 11.6 Å². The van der Waals surface area contributed by atoms with Crippen LogP contribution in [0, 0.1) is 12.8 Å². The smallest absolute Gasteiger partial charge is 0.225 e. The highest BCUT2D eigenvalue weighted by atomic mass is 35.5. The fraction of sp³-hybridized carbons (Fsp3) is 0.500. The summed E-state index contributed by atoms with van der Waals surface area (Å²) in [6.45, 7) is 3.98. The molecule has 1 atom stereocenters. The molecule has 0 unspecified atom stereocenters. The van der Waals surface area contributed by atoms with Gasteiger partial charge in [-0.25, -0.2) is 4.98 Å². The number of anilines is 2. The van der Waals surface area contributed by atoms with Gasteiger partial charge in [-0.2, -0.15) is 4.98 Å². The molecular weight excluding hydrogens is 386 g/mol. The lowest BCUT2D eigenvalue weighted by Crippen LogP contribution is -2.37. The van der Waals surface area contributed by atoms with Crippen LogP contribution in [0.25, 0.3) is 0 Å². The van der Waals surface area contributed by atoms with Gasteiger partial charge in [0.2, 0.25) is 11.9 Å². The van der Waals surface area contributed by atoms with Gasteiger partial charge in [0.15, 0.2) is 0 Å². The first kappa shape index (κ1) is 21.4. The van der Waals surface area contributed by atoms with Crippen LogP contribution in [-0.2, 0) is 4.79 Å². The monoisotopic (exact) mass is 415 g/mol. The van der Waals surface area contributed by atoms with Crippen LogP contribution < -0.4 is 15.5 Å². The SMILES string of the molecule is Cc1cc(N(C)C)nc(N[C@H]2CC[C@@H](C(=O)N[C@H](C)c3ccc(Cl)cc3)CC2)n1. The molecule has 1 aliphatic carbocycles. The minimum atomic E-state index is -0.0271. The Hall–Kier alpha value is -2.34. The van der Waals surface area contributed by atoms with Gasteiger partial charge < -0.3 is 15.5 Å². The standard InChI is InChI=1S/C22H30ClN5O/c1-14-13-20(28(3)4)27-22(24-14)26-19-11-7-17(8-12-19)21(29)25-15(2)16-5-9-18(23)10-6-16/h5-6,9-10,13,15,17,19H,7-8,11-12H2,1-4H3,(H,25,29)(H,24,26,27)/t15-,17-,19+/m1/s1. The lowest BCUT2D eigenvalue weighted by atomic mass is 9.85. The molecule has 0 spiro atoms. The van der Waals surface area contributed by atoms with E-state index < -0.39 is 0 Å². The fourth-order valence-electron chi connectivity index (χ4n) is 3.69. The zero-order valence-corrected chi connectivity index (χ0v) is 18.3. The maximum Gasteiger partial charge on any atom is 0.225 e. The molecule has 1 aromatic heterocycles. The van der Waals surface area contributed by atoms with Gasteiger partial charge in [0.05, 0.1) is 6.04 Å². The van der Waals surface area contributed by atoms with Gasteiger partial charge in [-0.05, 0) is 57.2 Å². The highest BCUT2D eigenvalue weighted by Gasteiger charge is 2.27. The van der Waals surface area contributed by atoms with Gasteiger partial charge >= 0.3 is 0 Å². The summed E-state index contributed by atoms with van der Waals surface area (Å²) in [4.78, 5) is 23.7. The van der Waals surface area contributed by atoms with Gasteiger partial charge in [-0.15, -0.1) is 0 Å². The molecular formula is C22H30ClN5O. The Morgan fingerprint density at radius 1 is 1.14 bits per heavy atom. The molecule has 7 heteroatoms. The Balaban J connectivity index is 1.51. The second-order valence-corrected chi connectivity index (χ2v) is 8.50. The van der Waals surface area contributed by atoms with E-state index >= 15 is 0 Å². The molecule has 6 nitrogen and oxygen atoms in total. The summed E-state index contributed by atoms with van der Waals surface area (Å²) in [5.74, 6) is 1.74. The average molecular weight is 416 g/mol. The molecule has 1 aromatic carbocycles. The number of carbonyl (C=O) groups is 1. The Kier molecular flexibility index (Phi) is 6.96. The largest absolute Gasteiger partial charge is 0.363 e. The summed E-state index contributed by atoms with van der Waals surface area (Å²) in [5.41, 5.74) is 2.00. The van der Waals surface area contributed by atoms with E-state index in [1.54, 1.807) is 0 Å². The number of aryl methyl sites for hydroxylation is 1. The number of hydrogen-bond acceptors (Lipinski definition) is 5. The summed E-state index contributed by atoms with van der Waals surface area (Å²) in [5, 5.41) is 7.30. The van der Waals surface area contributed by atoms with E-state index in [1.165, 1.54) is 0 Å². The summed E-state index contributed by atoms with van der Waals surface area (Å²) < 4.78 is 0. The summed E-state index contributed by atoms with van der Waals surface area (Å²) in [6, 6.07) is 9.85. The van der Waals surface area contributed by atoms with Crippen molar-refractivity contribution in [1.82, 2.24) is 15.3 Å². The molecule has 0 saturated heterocycles. The fourth-order valence-corrected chi connectivity index (χ4v) is 3.82. The third-order valence-electron chi connectivity index (χ3n) is 5.46. The predicted molar refractivity (Wildman–Crippen MR) is 118 cm³/mol. The van der Waals surface area contributed by atoms with E-state index in [4.69, 9.17) is 11.6 Å². The molecule has 1 fully saturated rings. The van der Waals surface area contributed by atoms with Crippen molar-refractivity contribution in [2.24, 2.45) is 5.92 Å². The van der Waals surface area contributed by atoms with Crippen LogP contribution in [-0.4, -0.2) is 36.0 Å². The quantitative estimate of drug-likeness (QED) is 0.733. The van der Waals surface area contributed by atoms with Gasteiger partial charge in [0.1, 0.15) is 5.82 Å². The number of nitrogens with zero attached hydrogens (tertiary/aromatic N) is 3. The molecule has 2 aromatic rings. The molecule has 1 saturated carbocycles. The molecule has 0 radical (unpaired) electrons. The van der Waals surface area contributed by atoms with Gasteiger partial charge in [-0.1, -0.05) is 23.7 Å². The first-order chi connectivity index (χ1) is 13.8. The van der Waals surface area contributed by atoms with Crippen LogP contribution in [0.4, 0.5) is 11.8 Å². The number of hydrogen-bond donors (Lipinski definition) is 2. The maximum absolute atomic E-state index is 12.7. The lowest BCUT2D eigenvalue weighted by Gasteiger charge is -2.29. The van der Waals surface area contributed by atoms with Crippen LogP contribution in [0.5, 0.6) is 0 Å². The first-order valence-electron chi connectivity index (χ1n) is 10.2. The van der Waals surface area contributed by atoms with Crippen molar-refractivity contribution in [2.75, 3.05) is 24.3 Å². The predicted octanol–water partition coefficient (Wildman–Crippen LogP) is 4.35. The van der Waals surface area contributed by atoms with E-state index in [9.17, 15) is 4.79 Å². The minimum Gasteiger partial charge on any atom is -0.363 e. The van der Waals surface area contributed by atoms with Crippen molar-refractivity contribution in [3.8, 4) is 0 Å². The Bertz CT molecular complexity index is 832. The van der Waals surface area contributed by atoms with Crippen LogP contribution in [0.3, 0.4) is 0 Å². The van der Waals surface area contributed by atoms with E-state index in [0.29, 0.717) is 17.0 Å². The molecule has 1 amide bonds. The third-order valence-corrected chi connectivity index (χ3v) is 5.71. The molecule has 1 heterocycles. The molecule has 29 heavy (non-hydrogen) atoms. The first-order valence-corrected chi connectivity index (χ1v) is 10.5. The van der Waals surface area contributed by atoms with Gasteiger partial charge in [0, 0.05) is 42.8 Å². The summed E-state index contributed by atoms with van der Waals surface area (Å²) in [6.07, 6.45) is 3.59. The van der Waals surface area contributed by atoms with Crippen molar-refractivity contribution in [3.63, 3.8) is 0 Å². The maximum atomic E-state index is 12.7. The van der Waals surface area contributed by atoms with Crippen LogP contribution in [0.2, 0.25) is 5.02 Å². The molecule has 0 aliphatic heterocycles. The average Bonchev–Trinajstić information content (AvgIpc) is 2.68. The zero-order chi connectivity index (χ0) is 21.0. The number of benzene rings is 1. The van der Waals surface area contributed by atoms with Crippen molar-refractivity contribution < 1.29 is 4.79 Å². The zero-order valence-electron chi connectivity index (χ0n) is 17.6. The number of halogens is 1. The highest BCUT2D eigenvalue weighted by molar-refractivity contribution is 6.30. The molecule has 156 valence electrons. The second kappa shape index (κ2) is 9.44. The summed E-state index contributed by atoms with van der Waals surface area (Å²) >= 11 is 5.94. The van der Waals surface area contributed by atoms with Crippen molar-refractivity contribution in [2.45, 2.75) is 51.6 Å². The number of amides is 1. The Labute approximate surface area is 178 Å². The van der Waals surface area contributed by atoms with Crippen molar-refractivity contribution in [1.29, 1.82) is 0 Å². The lowest BCUT2D eigenvalue weighted by molar-refractivity contribution is -0.126. The Morgan fingerprint density at radius 2 is 1.79 bits per heavy atom. The van der Waals surface area contributed by atoms with Gasteiger partial charge in [0.25, 0.3) is 0 Å². The van der Waals surface area contributed by atoms with E-state index in [-0.39, 0.29) is 17.9 Å². The van der Waals surface area contributed by atoms with E-state index in [2.05, 4.69) is 20.6 Å². The van der Waals surface area contributed by atoms with Gasteiger partial charge in [-0.3, -0.25) is 4.79 Å². The molecule has 0 bridgehead atoms.